The quantitative estimate of drug-likeness (QED) is 0.671. The van der Waals surface area contributed by atoms with E-state index in [9.17, 15) is 0 Å². The Balaban J connectivity index is 2.14. The van der Waals surface area contributed by atoms with Gasteiger partial charge in [-0.3, -0.25) is 0 Å². The molecule has 1 aliphatic heterocycles. The van der Waals surface area contributed by atoms with Crippen LogP contribution < -0.4 is 5.32 Å². The van der Waals surface area contributed by atoms with Gasteiger partial charge < -0.3 is 10.1 Å². The lowest BCUT2D eigenvalue weighted by molar-refractivity contribution is 0.00857. The van der Waals surface area contributed by atoms with Crippen molar-refractivity contribution in [2.45, 2.75) is 64.0 Å². The molecule has 1 N–H and O–H groups in total. The molecular formula is C14H27NO. The van der Waals surface area contributed by atoms with Gasteiger partial charge in [-0.15, -0.1) is 6.58 Å². The average Bonchev–Trinajstić information content (AvgIpc) is 2.30. The maximum absolute atomic E-state index is 5.75. The van der Waals surface area contributed by atoms with Crippen LogP contribution in [0.2, 0.25) is 0 Å². The molecule has 94 valence electrons. The fourth-order valence-corrected chi connectivity index (χ4v) is 2.28. The summed E-state index contributed by atoms with van der Waals surface area (Å²) < 4.78 is 5.75. The zero-order chi connectivity index (χ0) is 11.8. The van der Waals surface area contributed by atoms with Gasteiger partial charge in [0.15, 0.2) is 0 Å². The zero-order valence-corrected chi connectivity index (χ0v) is 10.9. The predicted molar refractivity (Wildman–Crippen MR) is 69.7 cm³/mol. The Hall–Kier alpha value is -0.340. The highest BCUT2D eigenvalue weighted by Crippen LogP contribution is 2.19. The Bertz CT molecular complexity index is 197. The highest BCUT2D eigenvalue weighted by Gasteiger charge is 2.15. The molecule has 1 aliphatic rings. The molecular weight excluding hydrogens is 198 g/mol. The van der Waals surface area contributed by atoms with Crippen molar-refractivity contribution in [2.75, 3.05) is 13.7 Å². The third kappa shape index (κ3) is 5.66. The van der Waals surface area contributed by atoms with Gasteiger partial charge in [0.05, 0.1) is 6.10 Å². The molecule has 1 heterocycles. The Morgan fingerprint density at radius 1 is 1.44 bits per heavy atom. The lowest BCUT2D eigenvalue weighted by atomic mass is 9.98. The molecule has 0 aromatic rings. The van der Waals surface area contributed by atoms with Crippen molar-refractivity contribution in [3.63, 3.8) is 0 Å². The molecule has 0 bridgehead atoms. The van der Waals surface area contributed by atoms with Crippen LogP contribution in [0.3, 0.4) is 0 Å². The maximum atomic E-state index is 5.75. The number of hydrogen-bond acceptors (Lipinski definition) is 2. The number of hydrogen-bond donors (Lipinski definition) is 1. The smallest absolute Gasteiger partial charge is 0.0575 e. The van der Waals surface area contributed by atoms with Gasteiger partial charge in [0.25, 0.3) is 0 Å². The zero-order valence-electron chi connectivity index (χ0n) is 10.9. The molecule has 1 fully saturated rings. The van der Waals surface area contributed by atoms with Crippen molar-refractivity contribution in [2.24, 2.45) is 0 Å². The molecule has 0 aromatic carbocycles. The fourth-order valence-electron chi connectivity index (χ4n) is 2.28. The van der Waals surface area contributed by atoms with E-state index in [4.69, 9.17) is 4.74 Å². The van der Waals surface area contributed by atoms with Crippen LogP contribution in [0.1, 0.15) is 51.9 Å². The van der Waals surface area contributed by atoms with E-state index in [0.717, 1.165) is 13.0 Å². The first-order valence-corrected chi connectivity index (χ1v) is 6.65. The van der Waals surface area contributed by atoms with Gasteiger partial charge in [0.1, 0.15) is 0 Å². The van der Waals surface area contributed by atoms with Crippen molar-refractivity contribution in [3.8, 4) is 0 Å². The summed E-state index contributed by atoms with van der Waals surface area (Å²) in [5, 5.41) is 3.40. The summed E-state index contributed by atoms with van der Waals surface area (Å²) in [5.41, 5.74) is 1.29. The van der Waals surface area contributed by atoms with E-state index in [2.05, 4.69) is 25.9 Å². The fraction of sp³-hybridized carbons (Fsp3) is 0.857. The SMILES string of the molecule is C=C(C)CCC(CCC1CCCCO1)NC. The average molecular weight is 225 g/mol. The molecule has 2 nitrogen and oxygen atoms in total. The lowest BCUT2D eigenvalue weighted by Crippen LogP contribution is -2.28. The van der Waals surface area contributed by atoms with Crippen LogP contribution in [-0.2, 0) is 4.74 Å². The molecule has 0 amide bonds. The summed E-state index contributed by atoms with van der Waals surface area (Å²) in [7, 11) is 2.06. The van der Waals surface area contributed by atoms with Gasteiger partial charge in [-0.25, -0.2) is 0 Å². The minimum absolute atomic E-state index is 0.523. The Morgan fingerprint density at radius 2 is 2.25 bits per heavy atom. The monoisotopic (exact) mass is 225 g/mol. The van der Waals surface area contributed by atoms with Crippen LogP contribution >= 0.6 is 0 Å². The summed E-state index contributed by atoms with van der Waals surface area (Å²) in [4.78, 5) is 0. The van der Waals surface area contributed by atoms with E-state index < -0.39 is 0 Å². The third-order valence-electron chi connectivity index (χ3n) is 3.44. The first kappa shape index (κ1) is 13.7. The topological polar surface area (TPSA) is 21.3 Å². The van der Waals surface area contributed by atoms with Crippen LogP contribution in [0.15, 0.2) is 12.2 Å². The molecule has 2 heteroatoms. The van der Waals surface area contributed by atoms with Crippen LogP contribution in [0.4, 0.5) is 0 Å². The lowest BCUT2D eigenvalue weighted by Gasteiger charge is -2.24. The highest BCUT2D eigenvalue weighted by atomic mass is 16.5. The van der Waals surface area contributed by atoms with E-state index in [1.54, 1.807) is 0 Å². The normalized spacial score (nSPS) is 23.0. The molecule has 16 heavy (non-hydrogen) atoms. The number of nitrogens with one attached hydrogen (secondary N) is 1. The van der Waals surface area contributed by atoms with Gasteiger partial charge in [-0.2, -0.15) is 0 Å². The summed E-state index contributed by atoms with van der Waals surface area (Å²) >= 11 is 0. The third-order valence-corrected chi connectivity index (χ3v) is 3.44. The van der Waals surface area contributed by atoms with E-state index in [1.165, 1.54) is 44.1 Å². The number of allylic oxidation sites excluding steroid dienone is 1. The Morgan fingerprint density at radius 3 is 2.81 bits per heavy atom. The minimum atomic E-state index is 0.523. The van der Waals surface area contributed by atoms with E-state index in [1.807, 2.05) is 0 Å². The Kier molecular flexibility index (Phi) is 6.74. The van der Waals surface area contributed by atoms with Gasteiger partial charge in [-0.1, -0.05) is 5.57 Å². The van der Waals surface area contributed by atoms with Crippen molar-refractivity contribution in [1.82, 2.24) is 5.32 Å². The molecule has 0 radical (unpaired) electrons. The van der Waals surface area contributed by atoms with Gasteiger partial charge in [0.2, 0.25) is 0 Å². The van der Waals surface area contributed by atoms with Crippen molar-refractivity contribution >= 4 is 0 Å². The minimum Gasteiger partial charge on any atom is -0.378 e. The second kappa shape index (κ2) is 7.86. The number of rotatable bonds is 7. The van der Waals surface area contributed by atoms with Gasteiger partial charge in [-0.05, 0) is 58.9 Å². The summed E-state index contributed by atoms with van der Waals surface area (Å²) in [5.74, 6) is 0. The van der Waals surface area contributed by atoms with Crippen LogP contribution in [0, 0.1) is 0 Å². The molecule has 0 saturated carbocycles. The molecule has 0 aromatic heterocycles. The largest absolute Gasteiger partial charge is 0.378 e. The highest BCUT2D eigenvalue weighted by molar-refractivity contribution is 4.89. The molecule has 1 rings (SSSR count). The first-order chi connectivity index (χ1) is 7.72. The second-order valence-corrected chi connectivity index (χ2v) is 5.05. The maximum Gasteiger partial charge on any atom is 0.0575 e. The van der Waals surface area contributed by atoms with Gasteiger partial charge >= 0.3 is 0 Å². The number of ether oxygens (including phenoxy) is 1. The van der Waals surface area contributed by atoms with Crippen LogP contribution in [0.5, 0.6) is 0 Å². The van der Waals surface area contributed by atoms with E-state index in [-0.39, 0.29) is 0 Å². The first-order valence-electron chi connectivity index (χ1n) is 6.65. The molecule has 0 spiro atoms. The summed E-state index contributed by atoms with van der Waals surface area (Å²) in [6.07, 6.45) is 9.17. The summed E-state index contributed by atoms with van der Waals surface area (Å²) in [6.45, 7) is 7.04. The van der Waals surface area contributed by atoms with Crippen LogP contribution in [-0.4, -0.2) is 25.8 Å². The molecule has 1 saturated heterocycles. The molecule has 0 aliphatic carbocycles. The summed E-state index contributed by atoms with van der Waals surface area (Å²) in [6, 6.07) is 0.627. The Labute approximate surface area is 100 Å². The van der Waals surface area contributed by atoms with E-state index >= 15 is 0 Å². The molecule has 2 unspecified atom stereocenters. The second-order valence-electron chi connectivity index (χ2n) is 5.05. The van der Waals surface area contributed by atoms with Crippen molar-refractivity contribution in [1.29, 1.82) is 0 Å². The standard InChI is InChI=1S/C14H27NO/c1-12(2)7-8-13(15-3)9-10-14-6-4-5-11-16-14/h13-15H,1,4-11H2,2-3H3. The van der Waals surface area contributed by atoms with Gasteiger partial charge in [0, 0.05) is 12.6 Å². The van der Waals surface area contributed by atoms with Crippen LogP contribution in [0.25, 0.3) is 0 Å². The van der Waals surface area contributed by atoms with Crippen molar-refractivity contribution in [3.05, 3.63) is 12.2 Å². The molecule has 2 atom stereocenters. The predicted octanol–water partition coefficient (Wildman–Crippen LogP) is 3.28. The van der Waals surface area contributed by atoms with Crippen molar-refractivity contribution < 1.29 is 4.74 Å². The van der Waals surface area contributed by atoms with E-state index in [0.29, 0.717) is 12.1 Å².